The molecule has 7 heteroatoms. The summed E-state index contributed by atoms with van der Waals surface area (Å²) in [6.45, 7) is 0. The van der Waals surface area contributed by atoms with Crippen LogP contribution >= 0.6 is 12.4 Å². The second-order valence-corrected chi connectivity index (χ2v) is 8.85. The molecule has 0 spiro atoms. The lowest BCUT2D eigenvalue weighted by molar-refractivity contribution is 0.253. The van der Waals surface area contributed by atoms with E-state index in [0.717, 1.165) is 36.0 Å². The molecule has 1 aliphatic carbocycles. The summed E-state index contributed by atoms with van der Waals surface area (Å²) in [6, 6.07) is 24.5. The monoisotopic (exact) mass is 497 g/mol. The molecule has 180 valence electrons. The quantitative estimate of drug-likeness (QED) is 0.299. The largest absolute Gasteiger partial charge is 0.449 e. The van der Waals surface area contributed by atoms with Crippen molar-refractivity contribution in [3.8, 4) is 34.2 Å². The molecule has 0 amide bonds. The molecule has 6 rings (SSSR count). The normalized spacial score (nSPS) is 14.0. The zero-order valence-corrected chi connectivity index (χ0v) is 20.2. The fraction of sp³-hybridized carbons (Fsp3) is 0.138. The smallest absolute Gasteiger partial charge is 0.265 e. The molecule has 0 unspecified atom stereocenters. The molecule has 0 aliphatic heterocycles. The van der Waals surface area contributed by atoms with Crippen LogP contribution in [0.3, 0.4) is 0 Å². The molecule has 0 saturated heterocycles. The van der Waals surface area contributed by atoms with Crippen molar-refractivity contribution in [1.29, 1.82) is 0 Å². The molecule has 36 heavy (non-hydrogen) atoms. The highest BCUT2D eigenvalue weighted by Gasteiger charge is 2.34. The number of aromatic nitrogens is 2. The number of hydrogen-bond donors (Lipinski definition) is 1. The van der Waals surface area contributed by atoms with Gasteiger partial charge in [-0.15, -0.1) is 12.4 Å². The third-order valence-corrected chi connectivity index (χ3v) is 6.64. The first kappa shape index (κ1) is 23.7. The number of nitrogens with zero attached hydrogens (tertiary/aromatic N) is 2. The third kappa shape index (κ3) is 4.15. The van der Waals surface area contributed by atoms with E-state index in [1.807, 2.05) is 60.7 Å². The van der Waals surface area contributed by atoms with Crippen molar-refractivity contribution in [2.24, 2.45) is 5.73 Å². The molecule has 5 aromatic rings. The number of nitrogens with two attached hydrogens (primary N) is 1. The Morgan fingerprint density at radius 3 is 2.25 bits per heavy atom. The van der Waals surface area contributed by atoms with E-state index in [1.165, 1.54) is 0 Å². The second-order valence-electron chi connectivity index (χ2n) is 8.85. The van der Waals surface area contributed by atoms with Gasteiger partial charge in [0.15, 0.2) is 0 Å². The van der Waals surface area contributed by atoms with Crippen molar-refractivity contribution < 1.29 is 9.15 Å². The van der Waals surface area contributed by atoms with Crippen LogP contribution in [0.1, 0.15) is 24.8 Å². The first-order chi connectivity index (χ1) is 17.1. The van der Waals surface area contributed by atoms with E-state index in [1.54, 1.807) is 30.6 Å². The number of halogens is 1. The standard InChI is InChI=1S/C29H23N3O3.ClH/c30-29(15-6-16-29)21-12-10-19(11-13-21)24-25(33)22-14-18-32-28(34-23-9-4-5-17-31-23)27(22)35-26(24)20-7-2-1-3-8-20;/h1-5,7-14,17-18H,6,15-16,30H2;1H. The van der Waals surface area contributed by atoms with E-state index in [9.17, 15) is 4.79 Å². The predicted molar refractivity (Wildman–Crippen MR) is 142 cm³/mol. The first-order valence-electron chi connectivity index (χ1n) is 11.6. The molecule has 2 aromatic carbocycles. The summed E-state index contributed by atoms with van der Waals surface area (Å²) in [4.78, 5) is 22.4. The van der Waals surface area contributed by atoms with Crippen LogP contribution in [0, 0.1) is 0 Å². The minimum Gasteiger partial charge on any atom is -0.449 e. The van der Waals surface area contributed by atoms with E-state index >= 15 is 0 Å². The van der Waals surface area contributed by atoms with Crippen molar-refractivity contribution in [3.63, 3.8) is 0 Å². The third-order valence-electron chi connectivity index (χ3n) is 6.64. The van der Waals surface area contributed by atoms with Crippen LogP contribution in [0.2, 0.25) is 0 Å². The van der Waals surface area contributed by atoms with Crippen molar-refractivity contribution in [3.05, 3.63) is 107 Å². The van der Waals surface area contributed by atoms with E-state index < -0.39 is 0 Å². The highest BCUT2D eigenvalue weighted by Crippen LogP contribution is 2.40. The Bertz CT molecular complexity index is 1570. The number of hydrogen-bond acceptors (Lipinski definition) is 6. The molecule has 6 nitrogen and oxygen atoms in total. The summed E-state index contributed by atoms with van der Waals surface area (Å²) in [5.74, 6) is 1.01. The predicted octanol–water partition coefficient (Wildman–Crippen LogP) is 6.47. The maximum Gasteiger partial charge on any atom is 0.265 e. The lowest BCUT2D eigenvalue weighted by atomic mass is 9.72. The van der Waals surface area contributed by atoms with Crippen LogP contribution in [0.5, 0.6) is 11.8 Å². The summed E-state index contributed by atoms with van der Waals surface area (Å²) in [5.41, 5.74) is 9.51. The lowest BCUT2D eigenvalue weighted by Crippen LogP contribution is -2.43. The van der Waals surface area contributed by atoms with Crippen molar-refractivity contribution in [2.75, 3.05) is 0 Å². The van der Waals surface area contributed by atoms with Gasteiger partial charge in [-0.1, -0.05) is 60.7 Å². The molecule has 1 fully saturated rings. The van der Waals surface area contributed by atoms with Gasteiger partial charge in [-0.25, -0.2) is 9.97 Å². The summed E-state index contributed by atoms with van der Waals surface area (Å²) in [6.07, 6.45) is 6.27. The Kier molecular flexibility index (Phi) is 6.31. The van der Waals surface area contributed by atoms with Crippen molar-refractivity contribution >= 4 is 23.4 Å². The van der Waals surface area contributed by atoms with Gasteiger partial charge in [-0.2, -0.15) is 0 Å². The maximum atomic E-state index is 13.9. The number of pyridine rings is 2. The van der Waals surface area contributed by atoms with Crippen LogP contribution < -0.4 is 15.9 Å². The van der Waals surface area contributed by atoms with Gasteiger partial charge in [0.1, 0.15) is 5.76 Å². The Morgan fingerprint density at radius 1 is 0.833 bits per heavy atom. The van der Waals surface area contributed by atoms with Crippen LogP contribution in [0.4, 0.5) is 0 Å². The van der Waals surface area contributed by atoms with Gasteiger partial charge < -0.3 is 14.9 Å². The van der Waals surface area contributed by atoms with Gasteiger partial charge in [-0.3, -0.25) is 4.79 Å². The second kappa shape index (κ2) is 9.57. The van der Waals surface area contributed by atoms with E-state index in [-0.39, 0.29) is 34.8 Å². The summed E-state index contributed by atoms with van der Waals surface area (Å²) in [7, 11) is 0. The van der Waals surface area contributed by atoms with Gasteiger partial charge in [0.25, 0.3) is 5.88 Å². The number of ether oxygens (including phenoxy) is 1. The number of benzene rings is 2. The average Bonchev–Trinajstić information content (AvgIpc) is 2.89. The zero-order chi connectivity index (χ0) is 23.8. The van der Waals surface area contributed by atoms with Crippen LogP contribution in [-0.4, -0.2) is 9.97 Å². The van der Waals surface area contributed by atoms with Gasteiger partial charge in [-0.05, 0) is 42.5 Å². The van der Waals surface area contributed by atoms with E-state index in [4.69, 9.17) is 14.9 Å². The maximum absolute atomic E-state index is 13.9. The van der Waals surface area contributed by atoms with Gasteiger partial charge in [0, 0.05) is 29.6 Å². The SMILES string of the molecule is Cl.NC1(c2ccc(-c3c(-c4ccccc4)oc4c(Oc5ccccn5)nccc4c3=O)cc2)CCC1. The molecule has 3 aromatic heterocycles. The summed E-state index contributed by atoms with van der Waals surface area (Å²) < 4.78 is 12.3. The fourth-order valence-corrected chi connectivity index (χ4v) is 4.55. The van der Waals surface area contributed by atoms with Gasteiger partial charge in [0.05, 0.1) is 10.9 Å². The molecular weight excluding hydrogens is 474 g/mol. The Morgan fingerprint density at radius 2 is 1.58 bits per heavy atom. The topological polar surface area (TPSA) is 91.2 Å². The molecule has 1 aliphatic rings. The minimum atomic E-state index is -0.266. The summed E-state index contributed by atoms with van der Waals surface area (Å²) >= 11 is 0. The molecular formula is C29H24ClN3O3. The number of rotatable bonds is 5. The Labute approximate surface area is 214 Å². The number of fused-ring (bicyclic) bond motifs is 1. The molecule has 2 N–H and O–H groups in total. The molecule has 0 radical (unpaired) electrons. The van der Waals surface area contributed by atoms with Crippen LogP contribution in [-0.2, 0) is 5.54 Å². The van der Waals surface area contributed by atoms with Gasteiger partial charge in [0.2, 0.25) is 16.9 Å². The molecule has 0 atom stereocenters. The highest BCUT2D eigenvalue weighted by atomic mass is 35.5. The zero-order valence-electron chi connectivity index (χ0n) is 19.4. The Balaban J connectivity index is 0.00000267. The van der Waals surface area contributed by atoms with Crippen molar-refractivity contribution in [1.82, 2.24) is 9.97 Å². The average molecular weight is 498 g/mol. The van der Waals surface area contributed by atoms with E-state index in [0.29, 0.717) is 22.6 Å². The van der Waals surface area contributed by atoms with Crippen LogP contribution in [0.25, 0.3) is 33.4 Å². The lowest BCUT2D eigenvalue weighted by Gasteiger charge is -2.38. The fourth-order valence-electron chi connectivity index (χ4n) is 4.55. The van der Waals surface area contributed by atoms with Crippen molar-refractivity contribution in [2.45, 2.75) is 24.8 Å². The first-order valence-corrected chi connectivity index (χ1v) is 11.6. The highest BCUT2D eigenvalue weighted by molar-refractivity contribution is 5.91. The molecule has 0 bridgehead atoms. The van der Waals surface area contributed by atoms with E-state index in [2.05, 4.69) is 9.97 Å². The van der Waals surface area contributed by atoms with Crippen LogP contribution in [0.15, 0.2) is 100 Å². The van der Waals surface area contributed by atoms with Gasteiger partial charge >= 0.3 is 0 Å². The molecule has 3 heterocycles. The molecule has 1 saturated carbocycles. The Hall–Kier alpha value is -4.00. The summed E-state index contributed by atoms with van der Waals surface area (Å²) in [5, 5.41) is 0.388. The minimum absolute atomic E-state index is 0.